The molecule has 114 valence electrons. The standard InChI is InChI=1S/C14H24N4S.HI/c1-4-13-11-18(7-8-19-13)14(15-2)16-9-12-5-6-17(3)10-12;/h5-6,10,13H,4,7-9,11H2,1-3H3,(H,15,16);1H. The van der Waals surface area contributed by atoms with E-state index in [4.69, 9.17) is 0 Å². The summed E-state index contributed by atoms with van der Waals surface area (Å²) >= 11 is 2.08. The maximum atomic E-state index is 4.42. The average molecular weight is 408 g/mol. The molecular weight excluding hydrogens is 383 g/mol. The van der Waals surface area contributed by atoms with Gasteiger partial charge in [0.05, 0.1) is 0 Å². The zero-order chi connectivity index (χ0) is 13.7. The molecule has 0 radical (unpaired) electrons. The van der Waals surface area contributed by atoms with Crippen LogP contribution in [0.2, 0.25) is 0 Å². The zero-order valence-corrected chi connectivity index (χ0v) is 15.6. The van der Waals surface area contributed by atoms with Gasteiger partial charge in [-0.05, 0) is 18.1 Å². The predicted molar refractivity (Wildman–Crippen MR) is 99.1 cm³/mol. The summed E-state index contributed by atoms with van der Waals surface area (Å²) in [6.07, 6.45) is 5.45. The Balaban J connectivity index is 0.00000200. The topological polar surface area (TPSA) is 32.6 Å². The molecule has 0 aliphatic carbocycles. The van der Waals surface area contributed by atoms with Crippen LogP contribution in [0.4, 0.5) is 0 Å². The molecule has 1 saturated heterocycles. The number of nitrogens with zero attached hydrogens (tertiary/aromatic N) is 3. The van der Waals surface area contributed by atoms with E-state index >= 15 is 0 Å². The van der Waals surface area contributed by atoms with Gasteiger partial charge in [0.15, 0.2) is 5.96 Å². The van der Waals surface area contributed by atoms with Crippen LogP contribution in [-0.2, 0) is 13.6 Å². The fourth-order valence-corrected chi connectivity index (χ4v) is 3.52. The second-order valence-corrected chi connectivity index (χ2v) is 6.34. The van der Waals surface area contributed by atoms with Crippen molar-refractivity contribution < 1.29 is 0 Å². The SMILES string of the molecule is CCC1CN(C(=NC)NCc2ccn(C)c2)CCS1.I. The number of hydrogen-bond donors (Lipinski definition) is 1. The van der Waals surface area contributed by atoms with Crippen molar-refractivity contribution in [3.05, 3.63) is 24.0 Å². The van der Waals surface area contributed by atoms with Gasteiger partial charge in [-0.2, -0.15) is 11.8 Å². The Labute approximate surface area is 143 Å². The molecular formula is C14H25IN4S. The molecule has 1 unspecified atom stereocenters. The Morgan fingerprint density at radius 3 is 2.95 bits per heavy atom. The van der Waals surface area contributed by atoms with Crippen molar-refractivity contribution in [2.45, 2.75) is 25.1 Å². The van der Waals surface area contributed by atoms with Crippen LogP contribution in [0.1, 0.15) is 18.9 Å². The third-order valence-corrected chi connectivity index (χ3v) is 4.82. The van der Waals surface area contributed by atoms with Gasteiger partial charge in [0, 0.05) is 57.1 Å². The summed E-state index contributed by atoms with van der Waals surface area (Å²) in [7, 11) is 3.92. The molecule has 1 fully saturated rings. The number of aromatic nitrogens is 1. The quantitative estimate of drug-likeness (QED) is 0.474. The van der Waals surface area contributed by atoms with E-state index in [1.165, 1.54) is 17.7 Å². The molecule has 0 aromatic carbocycles. The molecule has 4 nitrogen and oxygen atoms in total. The monoisotopic (exact) mass is 408 g/mol. The normalized spacial score (nSPS) is 19.6. The highest BCUT2D eigenvalue weighted by Crippen LogP contribution is 2.21. The third kappa shape index (κ3) is 4.87. The number of aliphatic imine (C=N–C) groups is 1. The molecule has 0 spiro atoms. The molecule has 2 heterocycles. The van der Waals surface area contributed by atoms with Gasteiger partial charge in [-0.25, -0.2) is 0 Å². The lowest BCUT2D eigenvalue weighted by Gasteiger charge is -2.34. The highest BCUT2D eigenvalue weighted by Gasteiger charge is 2.21. The number of aryl methyl sites for hydroxylation is 1. The maximum Gasteiger partial charge on any atom is 0.193 e. The number of nitrogens with one attached hydrogen (secondary N) is 1. The van der Waals surface area contributed by atoms with Gasteiger partial charge in [-0.1, -0.05) is 6.92 Å². The number of thioether (sulfide) groups is 1. The first-order valence-corrected chi connectivity index (χ1v) is 7.96. The van der Waals surface area contributed by atoms with E-state index in [9.17, 15) is 0 Å². The van der Waals surface area contributed by atoms with E-state index in [1.807, 2.05) is 14.1 Å². The van der Waals surface area contributed by atoms with Gasteiger partial charge in [-0.15, -0.1) is 24.0 Å². The third-order valence-electron chi connectivity index (χ3n) is 3.45. The van der Waals surface area contributed by atoms with Crippen molar-refractivity contribution in [3.63, 3.8) is 0 Å². The molecule has 1 atom stereocenters. The molecule has 1 aromatic heterocycles. The number of hydrogen-bond acceptors (Lipinski definition) is 2. The molecule has 0 amide bonds. The van der Waals surface area contributed by atoms with Crippen LogP contribution in [-0.4, -0.2) is 46.6 Å². The van der Waals surface area contributed by atoms with E-state index in [1.54, 1.807) is 0 Å². The Bertz CT molecular complexity index is 433. The minimum absolute atomic E-state index is 0. The van der Waals surface area contributed by atoms with Crippen LogP contribution in [0.3, 0.4) is 0 Å². The van der Waals surface area contributed by atoms with Crippen molar-refractivity contribution in [1.82, 2.24) is 14.8 Å². The van der Waals surface area contributed by atoms with Gasteiger partial charge in [0.25, 0.3) is 0 Å². The first-order valence-electron chi connectivity index (χ1n) is 6.91. The summed E-state index contributed by atoms with van der Waals surface area (Å²) in [5.41, 5.74) is 1.29. The smallest absolute Gasteiger partial charge is 0.193 e. The molecule has 20 heavy (non-hydrogen) atoms. The van der Waals surface area contributed by atoms with Crippen molar-refractivity contribution in [2.75, 3.05) is 25.9 Å². The van der Waals surface area contributed by atoms with Gasteiger partial charge in [0.1, 0.15) is 0 Å². The van der Waals surface area contributed by atoms with Crippen molar-refractivity contribution in [2.24, 2.45) is 12.0 Å². The van der Waals surface area contributed by atoms with Crippen LogP contribution >= 0.6 is 35.7 Å². The maximum absolute atomic E-state index is 4.42. The second kappa shape index (κ2) is 8.81. The molecule has 1 aliphatic heterocycles. The van der Waals surface area contributed by atoms with Crippen LogP contribution in [0, 0.1) is 0 Å². The summed E-state index contributed by atoms with van der Waals surface area (Å²) in [5.74, 6) is 2.23. The molecule has 2 rings (SSSR count). The van der Waals surface area contributed by atoms with Crippen LogP contribution in [0.25, 0.3) is 0 Å². The lowest BCUT2D eigenvalue weighted by Crippen LogP contribution is -2.47. The Morgan fingerprint density at radius 2 is 2.35 bits per heavy atom. The summed E-state index contributed by atoms with van der Waals surface area (Å²) in [6, 6.07) is 2.14. The van der Waals surface area contributed by atoms with Crippen molar-refractivity contribution in [3.8, 4) is 0 Å². The Morgan fingerprint density at radius 1 is 1.55 bits per heavy atom. The Kier molecular flexibility index (Phi) is 7.79. The average Bonchev–Trinajstić information content (AvgIpc) is 2.85. The lowest BCUT2D eigenvalue weighted by atomic mass is 10.3. The fraction of sp³-hybridized carbons (Fsp3) is 0.643. The van der Waals surface area contributed by atoms with Crippen molar-refractivity contribution in [1.29, 1.82) is 0 Å². The van der Waals surface area contributed by atoms with Gasteiger partial charge < -0.3 is 14.8 Å². The van der Waals surface area contributed by atoms with Gasteiger partial charge >= 0.3 is 0 Å². The summed E-state index contributed by atoms with van der Waals surface area (Å²) < 4.78 is 2.07. The van der Waals surface area contributed by atoms with E-state index in [0.717, 1.165) is 30.8 Å². The Hall–Kier alpha value is -0.370. The molecule has 1 aromatic rings. The van der Waals surface area contributed by atoms with Crippen molar-refractivity contribution >= 4 is 41.7 Å². The summed E-state index contributed by atoms with van der Waals surface area (Å²) in [6.45, 7) is 5.31. The predicted octanol–water partition coefficient (Wildman–Crippen LogP) is 2.55. The molecule has 6 heteroatoms. The van der Waals surface area contributed by atoms with Gasteiger partial charge in [-0.3, -0.25) is 4.99 Å². The zero-order valence-electron chi connectivity index (χ0n) is 12.5. The minimum Gasteiger partial charge on any atom is -0.357 e. The minimum atomic E-state index is 0. The molecule has 0 saturated carbocycles. The first kappa shape index (κ1) is 17.7. The number of halogens is 1. The van der Waals surface area contributed by atoms with Crippen LogP contribution in [0.5, 0.6) is 0 Å². The first-order chi connectivity index (χ1) is 9.22. The highest BCUT2D eigenvalue weighted by molar-refractivity contribution is 14.0. The second-order valence-electron chi connectivity index (χ2n) is 4.93. The van der Waals surface area contributed by atoms with Crippen LogP contribution in [0.15, 0.2) is 23.5 Å². The molecule has 1 N–H and O–H groups in total. The van der Waals surface area contributed by atoms with Crippen LogP contribution < -0.4 is 5.32 Å². The molecule has 1 aliphatic rings. The summed E-state index contributed by atoms with van der Waals surface area (Å²) in [5, 5.41) is 4.21. The lowest BCUT2D eigenvalue weighted by molar-refractivity contribution is 0.408. The van der Waals surface area contributed by atoms with Gasteiger partial charge in [0.2, 0.25) is 0 Å². The molecule has 0 bridgehead atoms. The number of rotatable bonds is 3. The highest BCUT2D eigenvalue weighted by atomic mass is 127. The van der Waals surface area contributed by atoms with E-state index in [2.05, 4.69) is 56.9 Å². The summed E-state index contributed by atoms with van der Waals surface area (Å²) in [4.78, 5) is 6.80. The van der Waals surface area contributed by atoms with E-state index < -0.39 is 0 Å². The number of guanidine groups is 1. The van der Waals surface area contributed by atoms with E-state index in [0.29, 0.717) is 0 Å². The largest absolute Gasteiger partial charge is 0.357 e. The van der Waals surface area contributed by atoms with E-state index in [-0.39, 0.29) is 24.0 Å². The fourth-order valence-electron chi connectivity index (χ4n) is 2.34.